The zero-order valence-electron chi connectivity index (χ0n) is 11.6. The van der Waals surface area contributed by atoms with Gasteiger partial charge in [-0.05, 0) is 39.5 Å². The minimum absolute atomic E-state index is 0. The van der Waals surface area contributed by atoms with Crippen LogP contribution in [0, 0.1) is 0 Å². The van der Waals surface area contributed by atoms with Crippen LogP contribution in [0.25, 0.3) is 0 Å². The molecule has 2 bridgehead atoms. The Hall–Kier alpha value is 0.120. The second kappa shape index (κ2) is 7.22. The van der Waals surface area contributed by atoms with Gasteiger partial charge in [0.2, 0.25) is 10.0 Å². The van der Waals surface area contributed by atoms with Gasteiger partial charge in [0.15, 0.2) is 0 Å². The highest BCUT2D eigenvalue weighted by Crippen LogP contribution is 2.27. The van der Waals surface area contributed by atoms with Crippen molar-refractivity contribution in [3.8, 4) is 0 Å². The molecule has 5 nitrogen and oxygen atoms in total. The summed E-state index contributed by atoms with van der Waals surface area (Å²) in [7, 11) is -3.20. The summed E-state index contributed by atoms with van der Waals surface area (Å²) in [6.07, 6.45) is 4.27. The van der Waals surface area contributed by atoms with E-state index < -0.39 is 10.0 Å². The summed E-state index contributed by atoms with van der Waals surface area (Å²) in [5.41, 5.74) is 0. The number of piperidine rings is 1. The van der Waals surface area contributed by atoms with Gasteiger partial charge in [-0.2, -0.15) is 0 Å². The van der Waals surface area contributed by atoms with Crippen molar-refractivity contribution in [1.29, 1.82) is 0 Å². The first kappa shape index (κ1) is 17.2. The number of nitrogens with one attached hydrogen (secondary N) is 2. The lowest BCUT2D eigenvalue weighted by atomic mass is 10.0. The number of ether oxygens (including phenoxy) is 1. The largest absolute Gasteiger partial charge is 0.378 e. The number of fused-ring (bicyclic) bond motifs is 2. The molecule has 0 aromatic rings. The molecule has 2 rings (SSSR count). The van der Waals surface area contributed by atoms with Crippen LogP contribution in [0.2, 0.25) is 0 Å². The molecule has 0 amide bonds. The molecule has 2 heterocycles. The molecule has 0 aromatic heterocycles. The first-order chi connectivity index (χ1) is 8.44. The second-order valence-electron chi connectivity index (χ2n) is 5.66. The first-order valence-electron chi connectivity index (χ1n) is 6.82. The molecule has 19 heavy (non-hydrogen) atoms. The normalized spacial score (nSPS) is 30.4. The van der Waals surface area contributed by atoms with Gasteiger partial charge in [0.05, 0.1) is 18.5 Å². The molecule has 0 aromatic carbocycles. The van der Waals surface area contributed by atoms with Crippen molar-refractivity contribution in [3.05, 3.63) is 0 Å². The third-order valence-corrected chi connectivity index (χ3v) is 5.02. The third kappa shape index (κ3) is 5.55. The lowest BCUT2D eigenvalue weighted by molar-refractivity contribution is 0.0911. The molecule has 0 aliphatic carbocycles. The van der Waals surface area contributed by atoms with Gasteiger partial charge in [0, 0.05) is 18.1 Å². The van der Waals surface area contributed by atoms with Gasteiger partial charge in [-0.1, -0.05) is 0 Å². The fraction of sp³-hybridized carbons (Fsp3) is 1.00. The molecule has 0 radical (unpaired) electrons. The number of hydrogen-bond acceptors (Lipinski definition) is 4. The van der Waals surface area contributed by atoms with Gasteiger partial charge in [-0.25, -0.2) is 13.1 Å². The summed E-state index contributed by atoms with van der Waals surface area (Å²) < 4.78 is 31.9. The number of halogens is 1. The Balaban J connectivity index is 0.00000180. The van der Waals surface area contributed by atoms with Crippen molar-refractivity contribution >= 4 is 22.4 Å². The van der Waals surface area contributed by atoms with E-state index in [4.69, 9.17) is 4.74 Å². The highest BCUT2D eigenvalue weighted by atomic mass is 35.5. The van der Waals surface area contributed by atoms with Crippen LogP contribution in [-0.4, -0.2) is 45.0 Å². The Kier molecular flexibility index (Phi) is 6.53. The van der Waals surface area contributed by atoms with E-state index in [1.54, 1.807) is 0 Å². The van der Waals surface area contributed by atoms with Crippen LogP contribution in [0.15, 0.2) is 0 Å². The van der Waals surface area contributed by atoms with Crippen LogP contribution < -0.4 is 10.0 Å². The molecule has 7 heteroatoms. The Morgan fingerprint density at radius 1 is 1.26 bits per heavy atom. The third-order valence-electron chi connectivity index (χ3n) is 3.62. The van der Waals surface area contributed by atoms with Crippen LogP contribution >= 0.6 is 12.4 Å². The highest BCUT2D eigenvalue weighted by molar-refractivity contribution is 7.89. The molecule has 2 fully saturated rings. The van der Waals surface area contributed by atoms with E-state index in [0.29, 0.717) is 12.1 Å². The van der Waals surface area contributed by atoms with E-state index >= 15 is 0 Å². The van der Waals surface area contributed by atoms with Crippen LogP contribution in [0.1, 0.15) is 39.5 Å². The smallest absolute Gasteiger partial charge is 0.214 e. The maximum Gasteiger partial charge on any atom is 0.214 e. The van der Waals surface area contributed by atoms with E-state index in [-0.39, 0.29) is 36.9 Å². The maximum atomic E-state index is 11.9. The summed E-state index contributed by atoms with van der Waals surface area (Å²) in [4.78, 5) is 0. The SMILES string of the molecule is CC(C)OCCS(=O)(=O)NC1CC2CCC(C1)N2.Cl. The van der Waals surface area contributed by atoms with Crippen LogP contribution in [0.5, 0.6) is 0 Å². The predicted octanol–water partition coefficient (Wildman–Crippen LogP) is 1.04. The summed E-state index contributed by atoms with van der Waals surface area (Å²) in [6, 6.07) is 1.11. The van der Waals surface area contributed by atoms with E-state index in [1.807, 2.05) is 13.8 Å². The fourth-order valence-corrected chi connectivity index (χ4v) is 3.99. The van der Waals surface area contributed by atoms with Gasteiger partial charge in [-0.3, -0.25) is 0 Å². The fourth-order valence-electron chi connectivity index (χ4n) is 2.86. The minimum Gasteiger partial charge on any atom is -0.378 e. The van der Waals surface area contributed by atoms with Gasteiger partial charge in [-0.15, -0.1) is 12.4 Å². The number of sulfonamides is 1. The average molecular weight is 313 g/mol. The molecule has 2 aliphatic rings. The second-order valence-corrected chi connectivity index (χ2v) is 7.54. The number of hydrogen-bond donors (Lipinski definition) is 2. The van der Waals surface area contributed by atoms with Crippen molar-refractivity contribution in [2.45, 2.75) is 63.8 Å². The van der Waals surface area contributed by atoms with Crippen LogP contribution in [0.4, 0.5) is 0 Å². The monoisotopic (exact) mass is 312 g/mol. The summed E-state index contributed by atoms with van der Waals surface area (Å²) in [5, 5.41) is 3.50. The van der Waals surface area contributed by atoms with E-state index in [1.165, 1.54) is 12.8 Å². The average Bonchev–Trinajstić information content (AvgIpc) is 2.56. The maximum absolute atomic E-state index is 11.9. The van der Waals surface area contributed by atoms with Gasteiger partial charge in [0.1, 0.15) is 0 Å². The summed E-state index contributed by atoms with van der Waals surface area (Å²) in [5.74, 6) is 0.0600. The Morgan fingerprint density at radius 2 is 1.84 bits per heavy atom. The standard InChI is InChI=1S/C12H24N2O3S.ClH/c1-9(2)17-5-6-18(15,16)14-12-7-10-3-4-11(8-12)13-10;/h9-14H,3-8H2,1-2H3;1H. The van der Waals surface area contributed by atoms with Crippen LogP contribution in [-0.2, 0) is 14.8 Å². The van der Waals surface area contributed by atoms with Crippen LogP contribution in [0.3, 0.4) is 0 Å². The van der Waals surface area contributed by atoms with E-state index in [0.717, 1.165) is 12.8 Å². The Bertz CT molecular complexity index is 363. The topological polar surface area (TPSA) is 67.4 Å². The van der Waals surface area contributed by atoms with Gasteiger partial charge < -0.3 is 10.1 Å². The molecule has 0 saturated carbocycles. The quantitative estimate of drug-likeness (QED) is 0.769. The Morgan fingerprint density at radius 3 is 2.37 bits per heavy atom. The Labute approximate surface area is 122 Å². The lowest BCUT2D eigenvalue weighted by Gasteiger charge is -2.29. The minimum atomic E-state index is -3.20. The lowest BCUT2D eigenvalue weighted by Crippen LogP contribution is -2.48. The summed E-state index contributed by atoms with van der Waals surface area (Å²) >= 11 is 0. The molecule has 2 aliphatic heterocycles. The molecule has 114 valence electrons. The number of rotatable bonds is 6. The molecule has 2 N–H and O–H groups in total. The first-order valence-corrected chi connectivity index (χ1v) is 8.47. The molecule has 2 unspecified atom stereocenters. The van der Waals surface area contributed by atoms with Crippen molar-refractivity contribution in [1.82, 2.24) is 10.0 Å². The van der Waals surface area contributed by atoms with Crippen molar-refractivity contribution < 1.29 is 13.2 Å². The van der Waals surface area contributed by atoms with Crippen molar-refractivity contribution in [2.75, 3.05) is 12.4 Å². The zero-order valence-corrected chi connectivity index (χ0v) is 13.2. The van der Waals surface area contributed by atoms with E-state index in [2.05, 4.69) is 10.0 Å². The molecule has 2 saturated heterocycles. The van der Waals surface area contributed by atoms with E-state index in [9.17, 15) is 8.42 Å². The van der Waals surface area contributed by atoms with Crippen molar-refractivity contribution in [2.24, 2.45) is 0 Å². The molecular formula is C12H25ClN2O3S. The zero-order chi connectivity index (χ0) is 13.2. The molecule has 0 spiro atoms. The molecule has 2 atom stereocenters. The van der Waals surface area contributed by atoms with Crippen molar-refractivity contribution in [3.63, 3.8) is 0 Å². The summed E-state index contributed by atoms with van der Waals surface area (Å²) in [6.45, 7) is 4.08. The van der Waals surface area contributed by atoms with Gasteiger partial charge in [0.25, 0.3) is 0 Å². The van der Waals surface area contributed by atoms with Gasteiger partial charge >= 0.3 is 0 Å². The molecular weight excluding hydrogens is 288 g/mol. The predicted molar refractivity (Wildman–Crippen MR) is 78.2 cm³/mol. The highest BCUT2D eigenvalue weighted by Gasteiger charge is 2.34.